The Bertz CT molecular complexity index is 820. The van der Waals surface area contributed by atoms with Gasteiger partial charge in [-0.1, -0.05) is 48.5 Å². The van der Waals surface area contributed by atoms with Crippen molar-refractivity contribution in [1.29, 1.82) is 0 Å². The van der Waals surface area contributed by atoms with Gasteiger partial charge in [-0.2, -0.15) is 0 Å². The summed E-state index contributed by atoms with van der Waals surface area (Å²) >= 11 is 0. The summed E-state index contributed by atoms with van der Waals surface area (Å²) in [6.45, 7) is 0.660. The van der Waals surface area contributed by atoms with Gasteiger partial charge in [0.15, 0.2) is 0 Å². The molecule has 4 nitrogen and oxygen atoms in total. The Labute approximate surface area is 152 Å². The van der Waals surface area contributed by atoms with Crippen LogP contribution in [0.2, 0.25) is 0 Å². The fourth-order valence-electron chi connectivity index (χ4n) is 3.58. The van der Waals surface area contributed by atoms with Gasteiger partial charge in [-0.05, 0) is 24.5 Å². The van der Waals surface area contributed by atoms with E-state index >= 15 is 0 Å². The Morgan fingerprint density at radius 2 is 1.69 bits per heavy atom. The van der Waals surface area contributed by atoms with Gasteiger partial charge in [0, 0.05) is 18.2 Å². The summed E-state index contributed by atoms with van der Waals surface area (Å²) < 4.78 is 14.1. The lowest BCUT2D eigenvalue weighted by Gasteiger charge is -2.27. The molecule has 0 unspecified atom stereocenters. The molecule has 0 spiro atoms. The van der Waals surface area contributed by atoms with Gasteiger partial charge in [-0.15, -0.1) is 0 Å². The summed E-state index contributed by atoms with van der Waals surface area (Å²) in [7, 11) is 0. The lowest BCUT2D eigenvalue weighted by molar-refractivity contribution is -0.140. The molecule has 0 radical (unpaired) electrons. The summed E-state index contributed by atoms with van der Waals surface area (Å²) in [5.41, 5.74) is 1.50. The molecule has 0 aromatic heterocycles. The molecule has 1 aliphatic heterocycles. The van der Waals surface area contributed by atoms with Crippen LogP contribution in [-0.4, -0.2) is 33.7 Å². The third-order valence-corrected chi connectivity index (χ3v) is 5.13. The van der Waals surface area contributed by atoms with Gasteiger partial charge in [-0.3, -0.25) is 19.4 Å². The van der Waals surface area contributed by atoms with Gasteiger partial charge in [-0.25, -0.2) is 4.39 Å². The minimum Gasteiger partial charge on any atom is -0.284 e. The van der Waals surface area contributed by atoms with Crippen LogP contribution < -0.4 is 0 Å². The molecule has 1 atom stereocenters. The first-order valence-electron chi connectivity index (χ1n) is 9.01. The molecule has 2 aromatic carbocycles. The van der Waals surface area contributed by atoms with Gasteiger partial charge >= 0.3 is 0 Å². The molecule has 2 aliphatic rings. The van der Waals surface area contributed by atoms with Gasteiger partial charge in [0.25, 0.3) is 0 Å². The largest absolute Gasteiger partial charge is 0.284 e. The van der Waals surface area contributed by atoms with Crippen LogP contribution in [0.4, 0.5) is 4.39 Å². The van der Waals surface area contributed by atoms with E-state index in [4.69, 9.17) is 0 Å². The number of likely N-dealkylation sites (tertiary alicyclic amines) is 1. The van der Waals surface area contributed by atoms with Crippen molar-refractivity contribution in [1.82, 2.24) is 9.80 Å². The number of benzene rings is 2. The molecule has 2 aromatic rings. The maximum absolute atomic E-state index is 14.1. The van der Waals surface area contributed by atoms with Crippen LogP contribution in [0, 0.1) is 5.82 Å². The SMILES string of the molecule is O=C1C[C@@H](N(Cc2ccccc2F)C2CC2)C(=O)N1Cc1ccccc1. The normalized spacial score (nSPS) is 20.2. The predicted molar refractivity (Wildman–Crippen MR) is 95.4 cm³/mol. The summed E-state index contributed by atoms with van der Waals surface area (Å²) in [6, 6.07) is 15.9. The molecule has 2 amide bonds. The lowest BCUT2D eigenvalue weighted by atomic mass is 10.1. The number of rotatable bonds is 6. The van der Waals surface area contributed by atoms with Crippen molar-refractivity contribution >= 4 is 11.8 Å². The van der Waals surface area contributed by atoms with Crippen LogP contribution in [0.3, 0.4) is 0 Å². The Balaban J connectivity index is 1.53. The van der Waals surface area contributed by atoms with E-state index < -0.39 is 6.04 Å². The molecular formula is C21H21FN2O2. The van der Waals surface area contributed by atoms with Gasteiger partial charge in [0.1, 0.15) is 5.82 Å². The van der Waals surface area contributed by atoms with Crippen LogP contribution in [0.25, 0.3) is 0 Å². The Kier molecular flexibility index (Phi) is 4.55. The minimum absolute atomic E-state index is 0.150. The third kappa shape index (κ3) is 3.40. The van der Waals surface area contributed by atoms with Gasteiger partial charge in [0.2, 0.25) is 11.8 Å². The number of halogens is 1. The van der Waals surface area contributed by atoms with Crippen molar-refractivity contribution in [2.45, 2.75) is 44.4 Å². The van der Waals surface area contributed by atoms with Crippen LogP contribution >= 0.6 is 0 Å². The van der Waals surface area contributed by atoms with E-state index in [9.17, 15) is 14.0 Å². The fourth-order valence-corrected chi connectivity index (χ4v) is 3.58. The van der Waals surface area contributed by atoms with E-state index in [0.29, 0.717) is 18.7 Å². The minimum atomic E-state index is -0.488. The highest BCUT2D eigenvalue weighted by molar-refractivity contribution is 6.05. The Morgan fingerprint density at radius 3 is 2.38 bits per heavy atom. The van der Waals surface area contributed by atoms with Crippen molar-refractivity contribution in [3.8, 4) is 0 Å². The van der Waals surface area contributed by atoms with E-state index in [1.54, 1.807) is 18.2 Å². The first-order chi connectivity index (χ1) is 12.6. The van der Waals surface area contributed by atoms with E-state index in [1.165, 1.54) is 11.0 Å². The number of carbonyl (C=O) groups excluding carboxylic acids is 2. The summed E-state index contributed by atoms with van der Waals surface area (Å²) in [5, 5.41) is 0. The summed E-state index contributed by atoms with van der Waals surface area (Å²) in [4.78, 5) is 28.8. The van der Waals surface area contributed by atoms with Crippen LogP contribution in [0.15, 0.2) is 54.6 Å². The average Bonchev–Trinajstić information content (AvgIpc) is 3.45. The molecule has 26 heavy (non-hydrogen) atoms. The fraction of sp³-hybridized carbons (Fsp3) is 0.333. The summed E-state index contributed by atoms with van der Waals surface area (Å²) in [6.07, 6.45) is 2.16. The molecular weight excluding hydrogens is 331 g/mol. The van der Waals surface area contributed by atoms with E-state index in [-0.39, 0.29) is 30.1 Å². The van der Waals surface area contributed by atoms with Crippen molar-refractivity contribution in [2.75, 3.05) is 0 Å². The molecule has 5 heteroatoms. The maximum atomic E-state index is 14.1. The van der Waals surface area contributed by atoms with Crippen molar-refractivity contribution < 1.29 is 14.0 Å². The van der Waals surface area contributed by atoms with E-state index in [2.05, 4.69) is 0 Å². The van der Waals surface area contributed by atoms with E-state index in [1.807, 2.05) is 35.2 Å². The number of amides is 2. The standard InChI is InChI=1S/C21H21FN2O2/c22-18-9-5-4-8-16(18)14-23(17-10-11-17)19-12-20(25)24(21(19)26)13-15-6-2-1-3-7-15/h1-9,17,19H,10-14H2/t19-/m1/s1. The second-order valence-electron chi connectivity index (χ2n) is 7.02. The van der Waals surface area contributed by atoms with Crippen LogP contribution in [0.5, 0.6) is 0 Å². The quantitative estimate of drug-likeness (QED) is 0.750. The highest BCUT2D eigenvalue weighted by Crippen LogP contribution is 2.34. The number of hydrogen-bond acceptors (Lipinski definition) is 3. The van der Waals surface area contributed by atoms with Gasteiger partial charge in [0.05, 0.1) is 19.0 Å². The smallest absolute Gasteiger partial charge is 0.247 e. The highest BCUT2D eigenvalue weighted by atomic mass is 19.1. The molecule has 4 rings (SSSR count). The topological polar surface area (TPSA) is 40.6 Å². The zero-order valence-electron chi connectivity index (χ0n) is 14.5. The molecule has 0 N–H and O–H groups in total. The van der Waals surface area contributed by atoms with Crippen LogP contribution in [-0.2, 0) is 22.7 Å². The highest BCUT2D eigenvalue weighted by Gasteiger charge is 2.46. The zero-order chi connectivity index (χ0) is 18.1. The molecule has 1 saturated carbocycles. The number of carbonyl (C=O) groups is 2. The van der Waals surface area contributed by atoms with Gasteiger partial charge < -0.3 is 0 Å². The molecule has 1 aliphatic carbocycles. The monoisotopic (exact) mass is 352 g/mol. The van der Waals surface area contributed by atoms with Crippen molar-refractivity contribution in [3.63, 3.8) is 0 Å². The maximum Gasteiger partial charge on any atom is 0.247 e. The average molecular weight is 352 g/mol. The number of nitrogens with zero attached hydrogens (tertiary/aromatic N) is 2. The molecule has 2 fully saturated rings. The van der Waals surface area contributed by atoms with Crippen molar-refractivity contribution in [3.05, 3.63) is 71.5 Å². The molecule has 1 heterocycles. The molecule has 134 valence electrons. The van der Waals surface area contributed by atoms with Crippen molar-refractivity contribution in [2.24, 2.45) is 0 Å². The molecule has 0 bridgehead atoms. The lowest BCUT2D eigenvalue weighted by Crippen LogP contribution is -2.42. The first-order valence-corrected chi connectivity index (χ1v) is 9.01. The zero-order valence-corrected chi connectivity index (χ0v) is 14.5. The third-order valence-electron chi connectivity index (χ3n) is 5.13. The first kappa shape index (κ1) is 16.9. The Hall–Kier alpha value is -2.53. The van der Waals surface area contributed by atoms with E-state index in [0.717, 1.165) is 18.4 Å². The predicted octanol–water partition coefficient (Wildman–Crippen LogP) is 3.12. The second-order valence-corrected chi connectivity index (χ2v) is 7.02. The summed E-state index contributed by atoms with van der Waals surface area (Å²) in [5.74, 6) is -0.582. The van der Waals surface area contributed by atoms with Crippen LogP contribution in [0.1, 0.15) is 30.4 Å². The molecule has 1 saturated heterocycles. The number of imide groups is 1. The Morgan fingerprint density at radius 1 is 1.00 bits per heavy atom. The second kappa shape index (κ2) is 7.00. The number of hydrogen-bond donors (Lipinski definition) is 0.